The van der Waals surface area contributed by atoms with Crippen molar-refractivity contribution >= 4 is 34.2 Å². The molecule has 4 rings (SSSR count). The van der Waals surface area contributed by atoms with Crippen LogP contribution in [0.25, 0.3) is 10.9 Å². The van der Waals surface area contributed by atoms with Crippen LogP contribution in [0.1, 0.15) is 11.4 Å². The Kier molecular flexibility index (Phi) is 5.77. The third-order valence-corrected chi connectivity index (χ3v) is 4.95. The van der Waals surface area contributed by atoms with E-state index in [2.05, 4.69) is 15.3 Å². The number of aromatic amines is 1. The second-order valence-corrected chi connectivity index (χ2v) is 7.19. The number of fused-ring (bicyclic) bond motifs is 1. The van der Waals surface area contributed by atoms with Gasteiger partial charge in [-0.05, 0) is 29.8 Å². The number of rotatable bonds is 5. The fraction of sp³-hybridized carbons (Fsp3) is 0.0870. The average Bonchev–Trinajstić information content (AvgIpc) is 2.76. The average molecular weight is 419 g/mol. The number of benzene rings is 3. The predicted octanol–water partition coefficient (Wildman–Crippen LogP) is 4.81. The molecule has 2 amide bonds. The molecule has 0 aliphatic rings. The molecule has 1 heterocycles. The lowest BCUT2D eigenvalue weighted by atomic mass is 10.2. The molecule has 1 aromatic heterocycles. The van der Waals surface area contributed by atoms with Crippen molar-refractivity contribution in [2.24, 2.45) is 0 Å². The van der Waals surface area contributed by atoms with Gasteiger partial charge in [0.2, 0.25) is 0 Å². The Morgan fingerprint density at radius 3 is 2.43 bits per heavy atom. The molecule has 0 atom stereocenters. The van der Waals surface area contributed by atoms with Gasteiger partial charge in [-0.3, -0.25) is 4.79 Å². The highest BCUT2D eigenvalue weighted by Gasteiger charge is 2.17. The van der Waals surface area contributed by atoms with Crippen molar-refractivity contribution in [1.82, 2.24) is 14.9 Å². The molecule has 3 aromatic carbocycles. The molecule has 0 radical (unpaired) electrons. The first-order valence-corrected chi connectivity index (χ1v) is 9.80. The lowest BCUT2D eigenvalue weighted by Gasteiger charge is -2.23. The number of hydrogen-bond donors (Lipinski definition) is 2. The number of hydrogen-bond acceptors (Lipinski definition) is 3. The predicted molar refractivity (Wildman–Crippen MR) is 119 cm³/mol. The second kappa shape index (κ2) is 8.80. The van der Waals surface area contributed by atoms with Gasteiger partial charge in [0, 0.05) is 6.54 Å². The van der Waals surface area contributed by atoms with Crippen LogP contribution in [0, 0.1) is 0 Å². The molecule has 6 nitrogen and oxygen atoms in total. The molecule has 0 spiro atoms. The summed E-state index contributed by atoms with van der Waals surface area (Å²) in [4.78, 5) is 34.3. The number of amides is 2. The lowest BCUT2D eigenvalue weighted by Crippen LogP contribution is -2.35. The third-order valence-electron chi connectivity index (χ3n) is 4.62. The first-order valence-electron chi connectivity index (χ1n) is 9.42. The van der Waals surface area contributed by atoms with Crippen LogP contribution in [-0.4, -0.2) is 20.9 Å². The molecular formula is C23H19ClN4O2. The summed E-state index contributed by atoms with van der Waals surface area (Å²) in [6, 6.07) is 23.4. The number of carbonyl (C=O) groups is 1. The fourth-order valence-electron chi connectivity index (χ4n) is 3.15. The smallest absolute Gasteiger partial charge is 0.313 e. The summed E-state index contributed by atoms with van der Waals surface area (Å²) in [5.74, 6) is 0.406. The van der Waals surface area contributed by atoms with Crippen LogP contribution in [0.3, 0.4) is 0 Å². The van der Waals surface area contributed by atoms with Crippen LogP contribution in [0.2, 0.25) is 5.02 Å². The van der Waals surface area contributed by atoms with Crippen molar-refractivity contribution in [3.05, 3.63) is 106 Å². The fourth-order valence-corrected chi connectivity index (χ4v) is 3.33. The highest BCUT2D eigenvalue weighted by molar-refractivity contribution is 6.33. The Balaban J connectivity index is 1.64. The number of urea groups is 1. The maximum atomic E-state index is 13.1. The van der Waals surface area contributed by atoms with E-state index in [1.165, 1.54) is 0 Å². The van der Waals surface area contributed by atoms with E-state index in [9.17, 15) is 9.59 Å². The molecular weight excluding hydrogens is 400 g/mol. The Labute approximate surface area is 178 Å². The quantitative estimate of drug-likeness (QED) is 0.488. The first kappa shape index (κ1) is 19.7. The van der Waals surface area contributed by atoms with Crippen LogP contribution >= 0.6 is 11.6 Å². The zero-order valence-corrected chi connectivity index (χ0v) is 16.8. The Morgan fingerprint density at radius 1 is 0.933 bits per heavy atom. The monoisotopic (exact) mass is 418 g/mol. The van der Waals surface area contributed by atoms with E-state index in [-0.39, 0.29) is 18.1 Å². The minimum Gasteiger partial charge on any atom is -0.313 e. The van der Waals surface area contributed by atoms with Gasteiger partial charge in [0.25, 0.3) is 5.56 Å². The van der Waals surface area contributed by atoms with Gasteiger partial charge < -0.3 is 15.2 Å². The molecule has 7 heteroatoms. The van der Waals surface area contributed by atoms with Crippen LogP contribution in [0.4, 0.5) is 10.5 Å². The van der Waals surface area contributed by atoms with Crippen molar-refractivity contribution < 1.29 is 4.79 Å². The van der Waals surface area contributed by atoms with E-state index in [1.54, 1.807) is 47.4 Å². The van der Waals surface area contributed by atoms with E-state index in [1.807, 2.05) is 36.4 Å². The highest BCUT2D eigenvalue weighted by Crippen LogP contribution is 2.21. The van der Waals surface area contributed by atoms with E-state index in [4.69, 9.17) is 11.6 Å². The van der Waals surface area contributed by atoms with Crippen molar-refractivity contribution in [1.29, 1.82) is 0 Å². The number of aromatic nitrogens is 2. The van der Waals surface area contributed by atoms with Gasteiger partial charge in [0.05, 0.1) is 28.2 Å². The van der Waals surface area contributed by atoms with E-state index < -0.39 is 0 Å². The molecule has 0 saturated carbocycles. The van der Waals surface area contributed by atoms with Gasteiger partial charge in [-0.25, -0.2) is 9.78 Å². The Bertz CT molecular complexity index is 1240. The number of anilines is 1. The minimum absolute atomic E-state index is 0.130. The summed E-state index contributed by atoms with van der Waals surface area (Å²) in [5.41, 5.74) is 1.82. The number of para-hydroxylation sites is 2. The van der Waals surface area contributed by atoms with Gasteiger partial charge in [-0.2, -0.15) is 0 Å². The molecule has 0 aliphatic heterocycles. The van der Waals surface area contributed by atoms with Crippen molar-refractivity contribution in [2.75, 3.05) is 5.32 Å². The van der Waals surface area contributed by atoms with Gasteiger partial charge in [0.15, 0.2) is 0 Å². The maximum absolute atomic E-state index is 13.1. The molecule has 2 N–H and O–H groups in total. The summed E-state index contributed by atoms with van der Waals surface area (Å²) in [6.45, 7) is 0.471. The lowest BCUT2D eigenvalue weighted by molar-refractivity contribution is 0.205. The molecule has 30 heavy (non-hydrogen) atoms. The minimum atomic E-state index is -0.345. The van der Waals surface area contributed by atoms with Crippen LogP contribution in [0.15, 0.2) is 83.7 Å². The number of halogens is 1. The summed E-state index contributed by atoms with van der Waals surface area (Å²) in [5, 5.41) is 3.80. The van der Waals surface area contributed by atoms with Crippen molar-refractivity contribution in [3.63, 3.8) is 0 Å². The number of carbonyl (C=O) groups excluding carboxylic acids is 1. The SMILES string of the molecule is O=C(Nc1ccccc1Cl)N(Cc1ccccc1)Cc1nc2ccccc2c(=O)[nH]1. The Hall–Kier alpha value is -3.64. The molecule has 0 aliphatic carbocycles. The van der Waals surface area contributed by atoms with E-state index in [0.29, 0.717) is 34.0 Å². The molecule has 0 unspecified atom stereocenters. The normalized spacial score (nSPS) is 10.7. The van der Waals surface area contributed by atoms with Crippen molar-refractivity contribution in [2.45, 2.75) is 13.1 Å². The molecule has 0 bridgehead atoms. The number of H-pyrrole nitrogens is 1. The van der Waals surface area contributed by atoms with Gasteiger partial charge in [0.1, 0.15) is 5.82 Å². The van der Waals surface area contributed by atoms with Gasteiger partial charge >= 0.3 is 6.03 Å². The Morgan fingerprint density at radius 2 is 1.63 bits per heavy atom. The summed E-state index contributed by atoms with van der Waals surface area (Å²) in [7, 11) is 0. The summed E-state index contributed by atoms with van der Waals surface area (Å²) >= 11 is 6.19. The van der Waals surface area contributed by atoms with E-state index in [0.717, 1.165) is 5.56 Å². The van der Waals surface area contributed by atoms with Crippen LogP contribution in [-0.2, 0) is 13.1 Å². The summed E-state index contributed by atoms with van der Waals surface area (Å²) in [6.07, 6.45) is 0. The van der Waals surface area contributed by atoms with Gasteiger partial charge in [-0.1, -0.05) is 66.2 Å². The highest BCUT2D eigenvalue weighted by atomic mass is 35.5. The zero-order chi connectivity index (χ0) is 20.9. The molecule has 150 valence electrons. The topological polar surface area (TPSA) is 78.1 Å². The van der Waals surface area contributed by atoms with Crippen LogP contribution < -0.4 is 10.9 Å². The second-order valence-electron chi connectivity index (χ2n) is 6.78. The maximum Gasteiger partial charge on any atom is 0.322 e. The van der Waals surface area contributed by atoms with Crippen molar-refractivity contribution in [3.8, 4) is 0 Å². The largest absolute Gasteiger partial charge is 0.322 e. The number of nitrogens with one attached hydrogen (secondary N) is 2. The number of nitrogens with zero attached hydrogens (tertiary/aromatic N) is 2. The molecule has 4 aromatic rings. The summed E-state index contributed by atoms with van der Waals surface area (Å²) < 4.78 is 0. The third kappa shape index (κ3) is 4.50. The van der Waals surface area contributed by atoms with E-state index >= 15 is 0 Å². The molecule has 0 saturated heterocycles. The van der Waals surface area contributed by atoms with Crippen LogP contribution in [0.5, 0.6) is 0 Å². The standard InChI is InChI=1S/C23H19ClN4O2/c24-18-11-5-7-13-20(18)26-23(30)28(14-16-8-2-1-3-9-16)15-21-25-19-12-6-4-10-17(19)22(29)27-21/h1-13H,14-15H2,(H,26,30)(H,25,27,29). The zero-order valence-electron chi connectivity index (χ0n) is 16.0. The van der Waals surface area contributed by atoms with Gasteiger partial charge in [-0.15, -0.1) is 0 Å². The first-order chi connectivity index (χ1) is 14.6. The molecule has 0 fully saturated rings.